The van der Waals surface area contributed by atoms with Crippen molar-refractivity contribution in [3.8, 4) is 6.07 Å². The predicted octanol–water partition coefficient (Wildman–Crippen LogP) is 2.51. The van der Waals surface area contributed by atoms with E-state index < -0.39 is 5.97 Å². The Kier molecular flexibility index (Phi) is 3.73. The Bertz CT molecular complexity index is 510. The summed E-state index contributed by atoms with van der Waals surface area (Å²) in [5.41, 5.74) is 1.32. The second-order valence-electron chi connectivity index (χ2n) is 4.40. The van der Waals surface area contributed by atoms with Gasteiger partial charge in [0.15, 0.2) is 0 Å². The fraction of sp³-hybridized carbons (Fsp3) is 0.385. The second-order valence-corrected chi connectivity index (χ2v) is 4.81. The molecule has 0 spiro atoms. The molecule has 1 unspecified atom stereocenters. The van der Waals surface area contributed by atoms with E-state index in [-0.39, 0.29) is 5.92 Å². The Labute approximate surface area is 110 Å². The van der Waals surface area contributed by atoms with Crippen molar-refractivity contribution in [3.63, 3.8) is 0 Å². The van der Waals surface area contributed by atoms with E-state index in [1.807, 2.05) is 11.0 Å². The summed E-state index contributed by atoms with van der Waals surface area (Å²) >= 11 is 6.13. The van der Waals surface area contributed by atoms with Crippen molar-refractivity contribution in [2.45, 2.75) is 12.8 Å². The Hall–Kier alpha value is -1.73. The molecule has 1 saturated heterocycles. The van der Waals surface area contributed by atoms with Gasteiger partial charge >= 0.3 is 5.97 Å². The largest absolute Gasteiger partial charge is 0.481 e. The lowest BCUT2D eigenvalue weighted by molar-refractivity contribution is -0.141. The number of carboxylic acids is 1. The number of piperidine rings is 1. The van der Waals surface area contributed by atoms with Crippen LogP contribution in [0.4, 0.5) is 5.69 Å². The number of aliphatic carboxylic acids is 1. The Morgan fingerprint density at radius 3 is 2.94 bits per heavy atom. The molecular formula is C13H13ClN2O2. The quantitative estimate of drug-likeness (QED) is 0.891. The minimum absolute atomic E-state index is 0.342. The molecule has 1 aliphatic rings. The molecule has 94 valence electrons. The van der Waals surface area contributed by atoms with E-state index in [9.17, 15) is 4.79 Å². The van der Waals surface area contributed by atoms with E-state index in [0.717, 1.165) is 18.7 Å². The normalized spacial score (nSPS) is 19.3. The number of halogens is 1. The van der Waals surface area contributed by atoms with Gasteiger partial charge in [-0.05, 0) is 31.0 Å². The van der Waals surface area contributed by atoms with Gasteiger partial charge in [-0.3, -0.25) is 4.79 Å². The summed E-state index contributed by atoms with van der Waals surface area (Å²) in [7, 11) is 0. The number of carbonyl (C=O) groups is 1. The van der Waals surface area contributed by atoms with Gasteiger partial charge in [0.05, 0.1) is 28.3 Å². The highest BCUT2D eigenvalue weighted by Gasteiger charge is 2.26. The van der Waals surface area contributed by atoms with Crippen LogP contribution in [0.1, 0.15) is 18.4 Å². The first kappa shape index (κ1) is 12.7. The molecule has 5 heteroatoms. The first-order valence-electron chi connectivity index (χ1n) is 5.79. The van der Waals surface area contributed by atoms with E-state index in [1.54, 1.807) is 18.2 Å². The van der Waals surface area contributed by atoms with Crippen LogP contribution in [0.3, 0.4) is 0 Å². The summed E-state index contributed by atoms with van der Waals surface area (Å²) in [4.78, 5) is 13.0. The Morgan fingerprint density at radius 2 is 2.33 bits per heavy atom. The number of hydrogen-bond acceptors (Lipinski definition) is 3. The van der Waals surface area contributed by atoms with Gasteiger partial charge in [0.1, 0.15) is 0 Å². The number of rotatable bonds is 2. The molecular weight excluding hydrogens is 252 g/mol. The summed E-state index contributed by atoms with van der Waals surface area (Å²) in [5, 5.41) is 18.3. The van der Waals surface area contributed by atoms with Gasteiger partial charge < -0.3 is 10.0 Å². The predicted molar refractivity (Wildman–Crippen MR) is 68.7 cm³/mol. The lowest BCUT2D eigenvalue weighted by Gasteiger charge is -2.33. The SMILES string of the molecule is N#Cc1ccc(N2CCCC(C(=O)O)C2)c(Cl)c1. The van der Waals surface area contributed by atoms with Crippen molar-refractivity contribution >= 4 is 23.3 Å². The minimum atomic E-state index is -0.760. The summed E-state index contributed by atoms with van der Waals surface area (Å²) in [6.07, 6.45) is 1.55. The van der Waals surface area contributed by atoms with Crippen LogP contribution in [0.25, 0.3) is 0 Å². The molecule has 1 atom stereocenters. The highest BCUT2D eigenvalue weighted by atomic mass is 35.5. The van der Waals surface area contributed by atoms with Crippen LogP contribution in [-0.2, 0) is 4.79 Å². The standard InChI is InChI=1S/C13H13ClN2O2/c14-11-6-9(7-15)3-4-12(11)16-5-1-2-10(8-16)13(17)18/h3-4,6,10H,1-2,5,8H2,(H,17,18). The lowest BCUT2D eigenvalue weighted by Crippen LogP contribution is -2.38. The first-order chi connectivity index (χ1) is 8.61. The monoisotopic (exact) mass is 264 g/mol. The molecule has 2 rings (SSSR count). The van der Waals surface area contributed by atoms with Gasteiger partial charge in [0, 0.05) is 13.1 Å². The van der Waals surface area contributed by atoms with Gasteiger partial charge in [-0.25, -0.2) is 0 Å². The van der Waals surface area contributed by atoms with Gasteiger partial charge in [-0.1, -0.05) is 11.6 Å². The molecule has 18 heavy (non-hydrogen) atoms. The third-order valence-corrected chi connectivity index (χ3v) is 3.49. The van der Waals surface area contributed by atoms with E-state index in [2.05, 4.69) is 0 Å². The van der Waals surface area contributed by atoms with Crippen LogP contribution in [0.2, 0.25) is 5.02 Å². The summed E-state index contributed by atoms with van der Waals surface area (Å²) in [6.45, 7) is 1.27. The van der Waals surface area contributed by atoms with Crippen LogP contribution >= 0.6 is 11.6 Å². The van der Waals surface area contributed by atoms with Gasteiger partial charge in [-0.15, -0.1) is 0 Å². The third kappa shape index (κ3) is 2.57. The van der Waals surface area contributed by atoms with Crippen LogP contribution in [0, 0.1) is 17.2 Å². The minimum Gasteiger partial charge on any atom is -0.481 e. The van der Waals surface area contributed by atoms with E-state index in [1.165, 1.54) is 0 Å². The van der Waals surface area contributed by atoms with Crippen LogP contribution in [0.5, 0.6) is 0 Å². The second kappa shape index (κ2) is 5.28. The third-order valence-electron chi connectivity index (χ3n) is 3.19. The maximum Gasteiger partial charge on any atom is 0.308 e. The molecule has 1 aromatic rings. The molecule has 0 aliphatic carbocycles. The molecule has 1 N–H and O–H groups in total. The van der Waals surface area contributed by atoms with Crippen LogP contribution in [-0.4, -0.2) is 24.2 Å². The maximum atomic E-state index is 11.0. The molecule has 4 nitrogen and oxygen atoms in total. The van der Waals surface area contributed by atoms with E-state index in [0.29, 0.717) is 23.6 Å². The fourth-order valence-electron chi connectivity index (χ4n) is 2.23. The summed E-state index contributed by atoms with van der Waals surface area (Å²) < 4.78 is 0. The molecule has 0 amide bonds. The number of nitriles is 1. The van der Waals surface area contributed by atoms with Crippen molar-refractivity contribution in [1.82, 2.24) is 0 Å². The van der Waals surface area contributed by atoms with Crippen LogP contribution in [0.15, 0.2) is 18.2 Å². The molecule has 0 bridgehead atoms. The number of carboxylic acid groups (broad SMARTS) is 1. The average Bonchev–Trinajstić information content (AvgIpc) is 2.38. The first-order valence-corrected chi connectivity index (χ1v) is 6.17. The molecule has 0 aromatic heterocycles. The van der Waals surface area contributed by atoms with E-state index >= 15 is 0 Å². The average molecular weight is 265 g/mol. The van der Waals surface area contributed by atoms with Gasteiger partial charge in [0.25, 0.3) is 0 Å². The van der Waals surface area contributed by atoms with Gasteiger partial charge in [0.2, 0.25) is 0 Å². The number of nitrogens with zero attached hydrogens (tertiary/aromatic N) is 2. The van der Waals surface area contributed by atoms with Crippen LogP contribution < -0.4 is 4.90 Å². The smallest absolute Gasteiger partial charge is 0.308 e. The number of benzene rings is 1. The molecule has 1 aliphatic heterocycles. The summed E-state index contributed by atoms with van der Waals surface area (Å²) in [5.74, 6) is -1.10. The number of anilines is 1. The lowest BCUT2D eigenvalue weighted by atomic mass is 9.97. The van der Waals surface area contributed by atoms with Crippen molar-refractivity contribution in [2.75, 3.05) is 18.0 Å². The zero-order valence-corrected chi connectivity index (χ0v) is 10.5. The highest BCUT2D eigenvalue weighted by Crippen LogP contribution is 2.30. The zero-order chi connectivity index (χ0) is 13.1. The molecule has 1 fully saturated rings. The van der Waals surface area contributed by atoms with Crippen molar-refractivity contribution in [1.29, 1.82) is 5.26 Å². The Balaban J connectivity index is 2.21. The molecule has 1 aromatic carbocycles. The van der Waals surface area contributed by atoms with Gasteiger partial charge in [-0.2, -0.15) is 5.26 Å². The fourth-order valence-corrected chi connectivity index (χ4v) is 2.53. The molecule has 1 heterocycles. The maximum absolute atomic E-state index is 11.0. The summed E-state index contributed by atoms with van der Waals surface area (Å²) in [6, 6.07) is 7.12. The van der Waals surface area contributed by atoms with Crippen molar-refractivity contribution in [2.24, 2.45) is 5.92 Å². The zero-order valence-electron chi connectivity index (χ0n) is 9.77. The Morgan fingerprint density at radius 1 is 1.56 bits per heavy atom. The number of hydrogen-bond donors (Lipinski definition) is 1. The highest BCUT2D eigenvalue weighted by molar-refractivity contribution is 6.33. The molecule has 0 saturated carbocycles. The topological polar surface area (TPSA) is 64.3 Å². The van der Waals surface area contributed by atoms with Crippen molar-refractivity contribution < 1.29 is 9.90 Å². The molecule has 0 radical (unpaired) electrons. The van der Waals surface area contributed by atoms with Crippen molar-refractivity contribution in [3.05, 3.63) is 28.8 Å². The van der Waals surface area contributed by atoms with E-state index in [4.69, 9.17) is 22.0 Å².